The summed E-state index contributed by atoms with van der Waals surface area (Å²) in [6.45, 7) is 2.92. The van der Waals surface area contributed by atoms with Crippen molar-refractivity contribution in [3.05, 3.63) is 88.3 Å². The predicted molar refractivity (Wildman–Crippen MR) is 114 cm³/mol. The van der Waals surface area contributed by atoms with Crippen LogP contribution in [0.5, 0.6) is 5.75 Å². The number of hydrogen-bond donors (Lipinski definition) is 1. The number of hydrogen-bond acceptors (Lipinski definition) is 4. The number of rotatable bonds is 9. The first-order valence-electron chi connectivity index (χ1n) is 9.21. The van der Waals surface area contributed by atoms with Gasteiger partial charge in [0, 0.05) is 28.1 Å². The van der Waals surface area contributed by atoms with Crippen molar-refractivity contribution in [1.29, 1.82) is 0 Å². The van der Waals surface area contributed by atoms with Gasteiger partial charge in [0.2, 0.25) is 0 Å². The van der Waals surface area contributed by atoms with E-state index in [2.05, 4.69) is 5.32 Å². The van der Waals surface area contributed by atoms with E-state index in [4.69, 9.17) is 20.8 Å². The van der Waals surface area contributed by atoms with Crippen molar-refractivity contribution in [2.24, 2.45) is 0 Å². The molecule has 1 unspecified atom stereocenters. The highest BCUT2D eigenvalue weighted by molar-refractivity contribution is 7.83. The predicted octanol–water partition coefficient (Wildman–Crippen LogP) is 4.71. The van der Waals surface area contributed by atoms with Crippen LogP contribution in [0.1, 0.15) is 34.4 Å². The lowest BCUT2D eigenvalue weighted by atomic mass is 10.2. The second-order valence-electron chi connectivity index (χ2n) is 6.38. The molecule has 1 atom stereocenters. The Bertz CT molecular complexity index is 967. The largest absolute Gasteiger partial charge is 0.494 e. The van der Waals surface area contributed by atoms with Gasteiger partial charge in [-0.1, -0.05) is 35.9 Å². The van der Waals surface area contributed by atoms with E-state index in [0.29, 0.717) is 29.7 Å². The Morgan fingerprint density at radius 2 is 1.69 bits per heavy atom. The van der Waals surface area contributed by atoms with Crippen LogP contribution in [0.4, 0.5) is 0 Å². The van der Waals surface area contributed by atoms with Gasteiger partial charge in [-0.3, -0.25) is 9.00 Å². The van der Waals surface area contributed by atoms with E-state index in [1.807, 2.05) is 43.3 Å². The quantitative estimate of drug-likeness (QED) is 0.532. The molecule has 1 aromatic heterocycles. The van der Waals surface area contributed by atoms with Crippen molar-refractivity contribution in [3.63, 3.8) is 0 Å². The first-order chi connectivity index (χ1) is 14.0. The summed E-state index contributed by atoms with van der Waals surface area (Å²) in [5, 5.41) is 3.46. The zero-order chi connectivity index (χ0) is 20.6. The van der Waals surface area contributed by atoms with E-state index in [0.717, 1.165) is 16.9 Å². The molecule has 1 N–H and O–H groups in total. The zero-order valence-corrected chi connectivity index (χ0v) is 17.6. The molecule has 1 heterocycles. The third-order valence-electron chi connectivity index (χ3n) is 4.12. The minimum absolute atomic E-state index is 0.203. The Hall–Kier alpha value is -2.57. The number of furan rings is 1. The Balaban J connectivity index is 1.50. The second kappa shape index (κ2) is 10.3. The fourth-order valence-corrected chi connectivity index (χ4v) is 3.96. The molecule has 0 spiro atoms. The van der Waals surface area contributed by atoms with Gasteiger partial charge in [-0.05, 0) is 54.4 Å². The molecule has 0 aliphatic heterocycles. The Morgan fingerprint density at radius 1 is 1.00 bits per heavy atom. The lowest BCUT2D eigenvalue weighted by Gasteiger charge is -2.06. The van der Waals surface area contributed by atoms with Gasteiger partial charge in [0.25, 0.3) is 5.91 Å². The van der Waals surface area contributed by atoms with E-state index < -0.39 is 10.8 Å². The lowest BCUT2D eigenvalue weighted by molar-refractivity contribution is 0.0921. The van der Waals surface area contributed by atoms with Crippen LogP contribution < -0.4 is 10.1 Å². The van der Waals surface area contributed by atoms with E-state index in [9.17, 15) is 9.00 Å². The monoisotopic (exact) mass is 431 g/mol. The summed E-state index contributed by atoms with van der Waals surface area (Å²) >= 11 is 5.86. The molecule has 5 nitrogen and oxygen atoms in total. The summed E-state index contributed by atoms with van der Waals surface area (Å²) in [6, 6.07) is 18.1. The molecule has 0 aliphatic rings. The Labute approximate surface area is 177 Å². The first kappa shape index (κ1) is 21.1. The number of nitrogens with one attached hydrogen (secondary N) is 1. The molecule has 0 bridgehead atoms. The summed E-state index contributed by atoms with van der Waals surface area (Å²) in [5.41, 5.74) is 1.89. The minimum atomic E-state index is -1.15. The van der Waals surface area contributed by atoms with Crippen molar-refractivity contribution >= 4 is 28.3 Å². The fourth-order valence-electron chi connectivity index (χ4n) is 2.69. The zero-order valence-electron chi connectivity index (χ0n) is 16.0. The maximum absolute atomic E-state index is 12.3. The number of amides is 1. The molecule has 29 heavy (non-hydrogen) atoms. The number of ether oxygens (including phenoxy) is 1. The maximum Gasteiger partial charge on any atom is 0.287 e. The van der Waals surface area contributed by atoms with Crippen LogP contribution in [0.2, 0.25) is 5.02 Å². The van der Waals surface area contributed by atoms with E-state index in [1.165, 1.54) is 0 Å². The van der Waals surface area contributed by atoms with Gasteiger partial charge in [0.1, 0.15) is 11.5 Å². The molecule has 1 amide bonds. The van der Waals surface area contributed by atoms with Crippen LogP contribution in [0.25, 0.3) is 0 Å². The Kier molecular flexibility index (Phi) is 7.49. The molecule has 0 saturated heterocycles. The van der Waals surface area contributed by atoms with Crippen molar-refractivity contribution in [1.82, 2.24) is 5.32 Å². The van der Waals surface area contributed by atoms with Crippen LogP contribution >= 0.6 is 11.6 Å². The minimum Gasteiger partial charge on any atom is -0.494 e. The van der Waals surface area contributed by atoms with Crippen molar-refractivity contribution < 1.29 is 18.2 Å². The van der Waals surface area contributed by atoms with Crippen molar-refractivity contribution in [3.8, 4) is 5.75 Å². The molecule has 0 saturated carbocycles. The van der Waals surface area contributed by atoms with Crippen molar-refractivity contribution in [2.45, 2.75) is 25.0 Å². The van der Waals surface area contributed by atoms with Crippen LogP contribution in [0.15, 0.2) is 65.1 Å². The lowest BCUT2D eigenvalue weighted by Crippen LogP contribution is -2.22. The van der Waals surface area contributed by atoms with Gasteiger partial charge in [-0.25, -0.2) is 0 Å². The number of benzene rings is 2. The third-order valence-corrected chi connectivity index (χ3v) is 5.63. The van der Waals surface area contributed by atoms with Crippen LogP contribution in [-0.2, 0) is 28.9 Å². The fraction of sp³-hybridized carbons (Fsp3) is 0.227. The highest BCUT2D eigenvalue weighted by atomic mass is 35.5. The summed E-state index contributed by atoms with van der Waals surface area (Å²) in [5.74, 6) is 1.85. The van der Waals surface area contributed by atoms with Crippen LogP contribution in [0, 0.1) is 0 Å². The molecule has 2 aromatic carbocycles. The van der Waals surface area contributed by atoms with Gasteiger partial charge in [-0.15, -0.1) is 0 Å². The second-order valence-corrected chi connectivity index (χ2v) is 8.27. The van der Waals surface area contributed by atoms with E-state index in [1.54, 1.807) is 24.3 Å². The molecule has 0 radical (unpaired) electrons. The summed E-state index contributed by atoms with van der Waals surface area (Å²) in [4.78, 5) is 12.3. The van der Waals surface area contributed by atoms with Gasteiger partial charge in [0.15, 0.2) is 5.76 Å². The van der Waals surface area contributed by atoms with Crippen LogP contribution in [0.3, 0.4) is 0 Å². The topological polar surface area (TPSA) is 68.5 Å². The molecule has 3 aromatic rings. The molecule has 3 rings (SSSR count). The first-order valence-corrected chi connectivity index (χ1v) is 11.1. The molecule has 7 heteroatoms. The normalized spacial score (nSPS) is 11.8. The maximum atomic E-state index is 12.3. The number of halogens is 1. The summed E-state index contributed by atoms with van der Waals surface area (Å²) in [7, 11) is -1.15. The van der Waals surface area contributed by atoms with E-state index in [-0.39, 0.29) is 17.4 Å². The van der Waals surface area contributed by atoms with Crippen molar-refractivity contribution in [2.75, 3.05) is 6.61 Å². The summed E-state index contributed by atoms with van der Waals surface area (Å²) < 4.78 is 23.3. The number of carbonyl (C=O) groups excluding carboxylic acids is 1. The SMILES string of the molecule is CCOc1ccc(CNC(=O)c2ccc(CS(=O)Cc3ccc(Cl)cc3)o2)cc1. The average molecular weight is 432 g/mol. The van der Waals surface area contributed by atoms with Gasteiger partial charge in [-0.2, -0.15) is 0 Å². The standard InChI is InChI=1S/C22H22ClNO4S/c1-2-27-19-9-5-16(6-10-19)13-24-22(25)21-12-11-20(28-21)15-29(26)14-17-3-7-18(23)8-4-17/h3-12H,2,13-15H2,1H3,(H,24,25). The van der Waals surface area contributed by atoms with Crippen LogP contribution in [-0.4, -0.2) is 16.7 Å². The Morgan fingerprint density at radius 3 is 2.38 bits per heavy atom. The highest BCUT2D eigenvalue weighted by Gasteiger charge is 2.13. The van der Waals surface area contributed by atoms with E-state index >= 15 is 0 Å². The third kappa shape index (κ3) is 6.48. The summed E-state index contributed by atoms with van der Waals surface area (Å²) in [6.07, 6.45) is 0. The highest BCUT2D eigenvalue weighted by Crippen LogP contribution is 2.16. The van der Waals surface area contributed by atoms with Gasteiger partial charge >= 0.3 is 0 Å². The average Bonchev–Trinajstić information content (AvgIpc) is 3.17. The smallest absolute Gasteiger partial charge is 0.287 e. The molecule has 152 valence electrons. The molecule has 0 fully saturated rings. The number of carbonyl (C=O) groups is 1. The van der Waals surface area contributed by atoms with Gasteiger partial charge in [0.05, 0.1) is 12.4 Å². The van der Waals surface area contributed by atoms with Gasteiger partial charge < -0.3 is 14.5 Å². The molecular formula is C22H22ClNO4S. The molecule has 0 aliphatic carbocycles. The molecular weight excluding hydrogens is 410 g/mol.